The molecule has 4 rings (SSSR count). The van der Waals surface area contributed by atoms with E-state index in [-0.39, 0.29) is 12.5 Å². The van der Waals surface area contributed by atoms with Crippen LogP contribution in [0.5, 0.6) is 0 Å². The number of pyridine rings is 2. The summed E-state index contributed by atoms with van der Waals surface area (Å²) in [4.78, 5) is 25.1. The molecule has 35 heavy (non-hydrogen) atoms. The van der Waals surface area contributed by atoms with E-state index in [4.69, 9.17) is 15.1 Å². The Morgan fingerprint density at radius 3 is 2.51 bits per heavy atom. The summed E-state index contributed by atoms with van der Waals surface area (Å²) in [6.07, 6.45) is 3.33. The average Bonchev–Trinajstić information content (AvgIpc) is 3.21. The monoisotopic (exact) mass is 471 g/mol. The first-order valence-electron chi connectivity index (χ1n) is 12.1. The number of aryl methyl sites for hydroxylation is 4. The third kappa shape index (κ3) is 5.10. The number of aliphatic hydroxyl groups is 1. The Labute approximate surface area is 206 Å². The van der Waals surface area contributed by atoms with Crippen LogP contribution < -0.4 is 0 Å². The van der Waals surface area contributed by atoms with Crippen LogP contribution in [0.4, 0.5) is 0 Å². The third-order valence-electron chi connectivity index (χ3n) is 6.52. The predicted molar refractivity (Wildman–Crippen MR) is 138 cm³/mol. The van der Waals surface area contributed by atoms with E-state index in [1.807, 2.05) is 75.1 Å². The zero-order valence-corrected chi connectivity index (χ0v) is 21.2. The van der Waals surface area contributed by atoms with Gasteiger partial charge in [0.05, 0.1) is 28.7 Å². The van der Waals surface area contributed by atoms with Crippen molar-refractivity contribution in [3.8, 4) is 11.4 Å². The number of hydrogen-bond donors (Lipinski definition) is 1. The lowest BCUT2D eigenvalue weighted by atomic mass is 10.0. The van der Waals surface area contributed by atoms with Crippen molar-refractivity contribution in [3.05, 3.63) is 76.2 Å². The number of aromatic nitrogens is 4. The molecule has 0 atom stereocenters. The first kappa shape index (κ1) is 24.5. The maximum absolute atomic E-state index is 13.7. The zero-order valence-electron chi connectivity index (χ0n) is 21.2. The number of amides is 1. The molecule has 1 amide bonds. The summed E-state index contributed by atoms with van der Waals surface area (Å²) in [5.41, 5.74) is 7.99. The molecule has 0 spiro atoms. The molecule has 0 radical (unpaired) electrons. The van der Waals surface area contributed by atoms with Gasteiger partial charge >= 0.3 is 0 Å². The first-order valence-corrected chi connectivity index (χ1v) is 12.1. The molecule has 3 aromatic heterocycles. The highest BCUT2D eigenvalue weighted by molar-refractivity contribution is 6.07. The molecule has 1 aromatic carbocycles. The standard InChI is InChI=1S/C28H33N5O2/c1-6-33-20(4)22(16-29-33)17-32(5)28(35)24-15-27(31-25-11-9-18(2)14-23(24)25)26-12-10-21(8-7-13-34)19(3)30-26/h9-12,14-16,34H,6-8,13,17H2,1-5H3. The van der Waals surface area contributed by atoms with Gasteiger partial charge in [-0.1, -0.05) is 17.7 Å². The van der Waals surface area contributed by atoms with Gasteiger partial charge in [0.1, 0.15) is 0 Å². The van der Waals surface area contributed by atoms with E-state index in [2.05, 4.69) is 12.0 Å². The normalized spacial score (nSPS) is 11.3. The Morgan fingerprint density at radius 1 is 1.03 bits per heavy atom. The summed E-state index contributed by atoms with van der Waals surface area (Å²) in [5.74, 6) is -0.0656. The SMILES string of the molecule is CCn1ncc(CN(C)C(=O)c2cc(-c3ccc(CCCO)c(C)n3)nc3ccc(C)cc23)c1C. The van der Waals surface area contributed by atoms with Crippen LogP contribution in [0.3, 0.4) is 0 Å². The maximum atomic E-state index is 13.7. The van der Waals surface area contributed by atoms with Gasteiger partial charge in [-0.15, -0.1) is 0 Å². The fraction of sp³-hybridized carbons (Fsp3) is 0.357. The van der Waals surface area contributed by atoms with E-state index in [0.29, 0.717) is 24.2 Å². The minimum atomic E-state index is -0.0656. The number of nitrogens with zero attached hydrogens (tertiary/aromatic N) is 5. The highest BCUT2D eigenvalue weighted by Gasteiger charge is 2.20. The fourth-order valence-corrected chi connectivity index (χ4v) is 4.41. The van der Waals surface area contributed by atoms with Crippen molar-refractivity contribution in [2.45, 2.75) is 53.6 Å². The van der Waals surface area contributed by atoms with Gasteiger partial charge in [0, 0.05) is 49.1 Å². The lowest BCUT2D eigenvalue weighted by Gasteiger charge is -2.19. The van der Waals surface area contributed by atoms with Gasteiger partial charge in [0.25, 0.3) is 5.91 Å². The molecule has 0 aliphatic rings. The zero-order chi connectivity index (χ0) is 25.1. The molecule has 0 saturated heterocycles. The third-order valence-corrected chi connectivity index (χ3v) is 6.52. The molecular weight excluding hydrogens is 438 g/mol. The van der Waals surface area contributed by atoms with Crippen LogP contribution in [0.2, 0.25) is 0 Å². The van der Waals surface area contributed by atoms with Crippen LogP contribution in [-0.2, 0) is 19.5 Å². The van der Waals surface area contributed by atoms with Crippen LogP contribution >= 0.6 is 0 Å². The van der Waals surface area contributed by atoms with Gasteiger partial charge in [-0.2, -0.15) is 5.10 Å². The van der Waals surface area contributed by atoms with E-state index >= 15 is 0 Å². The smallest absolute Gasteiger partial charge is 0.254 e. The number of aliphatic hydroxyl groups excluding tert-OH is 1. The van der Waals surface area contributed by atoms with E-state index in [9.17, 15) is 4.79 Å². The van der Waals surface area contributed by atoms with Gasteiger partial charge in [-0.25, -0.2) is 4.98 Å². The second kappa shape index (κ2) is 10.4. The molecule has 182 valence electrons. The molecule has 7 heteroatoms. The molecule has 7 nitrogen and oxygen atoms in total. The van der Waals surface area contributed by atoms with Crippen molar-refractivity contribution in [1.29, 1.82) is 0 Å². The van der Waals surface area contributed by atoms with E-state index in [0.717, 1.165) is 57.6 Å². The Kier molecular flexibility index (Phi) is 7.26. The van der Waals surface area contributed by atoms with Crippen LogP contribution in [-0.4, -0.2) is 49.3 Å². The summed E-state index contributed by atoms with van der Waals surface area (Å²) in [7, 11) is 1.82. The lowest BCUT2D eigenvalue weighted by Crippen LogP contribution is -2.27. The molecule has 0 unspecified atom stereocenters. The summed E-state index contributed by atoms with van der Waals surface area (Å²) >= 11 is 0. The first-order chi connectivity index (χ1) is 16.8. The van der Waals surface area contributed by atoms with Gasteiger partial charge in [-0.05, 0) is 70.4 Å². The summed E-state index contributed by atoms with van der Waals surface area (Å²) in [5, 5.41) is 14.4. The number of carbonyl (C=O) groups is 1. The topological polar surface area (TPSA) is 84.1 Å². The molecular formula is C28H33N5O2. The van der Waals surface area contributed by atoms with Gasteiger partial charge in [0.2, 0.25) is 0 Å². The maximum Gasteiger partial charge on any atom is 0.254 e. The largest absolute Gasteiger partial charge is 0.396 e. The minimum Gasteiger partial charge on any atom is -0.396 e. The van der Waals surface area contributed by atoms with Crippen LogP contribution in [0.15, 0.2) is 42.6 Å². The second-order valence-corrected chi connectivity index (χ2v) is 9.08. The lowest BCUT2D eigenvalue weighted by molar-refractivity contribution is 0.0787. The van der Waals surface area contributed by atoms with Crippen LogP contribution in [0.1, 0.15) is 51.8 Å². The number of hydrogen-bond acceptors (Lipinski definition) is 5. The minimum absolute atomic E-state index is 0.0656. The number of benzene rings is 1. The molecule has 0 saturated carbocycles. The van der Waals surface area contributed by atoms with Gasteiger partial charge < -0.3 is 10.0 Å². The summed E-state index contributed by atoms with van der Waals surface area (Å²) < 4.78 is 1.94. The molecule has 0 aliphatic heterocycles. The molecule has 3 heterocycles. The van der Waals surface area contributed by atoms with Gasteiger partial charge in [0.15, 0.2) is 0 Å². The number of carbonyl (C=O) groups excluding carboxylic acids is 1. The van der Waals surface area contributed by atoms with Crippen molar-refractivity contribution < 1.29 is 9.90 Å². The molecule has 0 aliphatic carbocycles. The van der Waals surface area contributed by atoms with Crippen molar-refractivity contribution in [3.63, 3.8) is 0 Å². The molecule has 4 aromatic rings. The van der Waals surface area contributed by atoms with E-state index in [1.165, 1.54) is 0 Å². The van der Waals surface area contributed by atoms with Gasteiger partial charge in [-0.3, -0.25) is 14.5 Å². The van der Waals surface area contributed by atoms with E-state index in [1.54, 1.807) is 4.90 Å². The highest BCUT2D eigenvalue weighted by atomic mass is 16.2. The van der Waals surface area contributed by atoms with Crippen LogP contribution in [0, 0.1) is 20.8 Å². The Morgan fingerprint density at radius 2 is 1.83 bits per heavy atom. The average molecular weight is 472 g/mol. The number of rotatable bonds is 8. The van der Waals surface area contributed by atoms with Crippen molar-refractivity contribution in [2.24, 2.45) is 0 Å². The Balaban J connectivity index is 1.73. The van der Waals surface area contributed by atoms with Crippen molar-refractivity contribution in [1.82, 2.24) is 24.6 Å². The fourth-order valence-electron chi connectivity index (χ4n) is 4.41. The van der Waals surface area contributed by atoms with Crippen LogP contribution in [0.25, 0.3) is 22.3 Å². The number of fused-ring (bicyclic) bond motifs is 1. The quantitative estimate of drug-likeness (QED) is 0.405. The molecule has 1 N–H and O–H groups in total. The molecule has 0 bridgehead atoms. The summed E-state index contributed by atoms with van der Waals surface area (Å²) in [6, 6.07) is 11.8. The second-order valence-electron chi connectivity index (χ2n) is 9.08. The van der Waals surface area contributed by atoms with E-state index < -0.39 is 0 Å². The molecule has 0 fully saturated rings. The Hall–Kier alpha value is -3.58. The predicted octanol–water partition coefficient (Wildman–Crippen LogP) is 4.64. The Bertz CT molecular complexity index is 1380. The van der Waals surface area contributed by atoms with Crippen molar-refractivity contribution >= 4 is 16.8 Å². The van der Waals surface area contributed by atoms with Crippen molar-refractivity contribution in [2.75, 3.05) is 13.7 Å². The highest BCUT2D eigenvalue weighted by Crippen LogP contribution is 2.27. The summed E-state index contributed by atoms with van der Waals surface area (Å²) in [6.45, 7) is 9.51.